The number of phosphoric acid groups is 2. The maximum atomic E-state index is 12.4. The predicted molar refractivity (Wildman–Crippen MR) is 107 cm³/mol. The van der Waals surface area contributed by atoms with Crippen LogP contribution in [0, 0.1) is 0 Å². The molecule has 2 fully saturated rings. The molecule has 202 valence electrons. The van der Waals surface area contributed by atoms with Crippen molar-refractivity contribution >= 4 is 23.2 Å². The molecule has 2 aliphatic heterocycles. The van der Waals surface area contributed by atoms with Crippen molar-refractivity contribution in [3.05, 3.63) is 0 Å². The van der Waals surface area contributed by atoms with Crippen LogP contribution < -0.4 is 14.7 Å². The third kappa shape index (κ3) is 8.95. The van der Waals surface area contributed by atoms with Crippen LogP contribution in [0.4, 0.5) is 0 Å². The van der Waals surface area contributed by atoms with Crippen LogP contribution in [0.5, 0.6) is 0 Å². The number of hydrogen-bond donors (Lipinski definition) is 2. The summed E-state index contributed by atoms with van der Waals surface area (Å²) < 4.78 is 70.1. The van der Waals surface area contributed by atoms with Crippen LogP contribution in [0.2, 0.25) is 0 Å². The highest BCUT2D eigenvalue weighted by Crippen LogP contribution is 2.47. The molecule has 0 aromatic heterocycles. The smallest absolute Gasteiger partial charge is 0.268 e. The summed E-state index contributed by atoms with van der Waals surface area (Å²) in [5.74, 6) is 0. The lowest BCUT2D eigenvalue weighted by molar-refractivity contribution is -0.240. The van der Waals surface area contributed by atoms with Crippen LogP contribution in [0.1, 0.15) is 27.7 Å². The quantitative estimate of drug-likeness (QED) is 0.265. The lowest BCUT2D eigenvalue weighted by Crippen LogP contribution is -2.39. The van der Waals surface area contributed by atoms with E-state index in [1.807, 2.05) is 0 Å². The molecule has 2 N–H and O–H groups in total. The Balaban J connectivity index is 2.03. The number of ether oxygens (including phenoxy) is 2. The van der Waals surface area contributed by atoms with Gasteiger partial charge in [-0.15, -0.1) is 0 Å². The first-order chi connectivity index (χ1) is 15.4. The third-order valence-electron chi connectivity index (χ3n) is 4.86. The average molecular weight is 555 g/mol. The molecule has 0 bridgehead atoms. The van der Waals surface area contributed by atoms with Gasteiger partial charge in [-0.3, -0.25) is 9.13 Å². The summed E-state index contributed by atoms with van der Waals surface area (Å²) in [5, 5.41) is 20.4. The molecule has 2 heterocycles. The van der Waals surface area contributed by atoms with Crippen molar-refractivity contribution in [1.82, 2.24) is 0 Å². The Labute approximate surface area is 197 Å². The zero-order valence-electron chi connectivity index (χ0n) is 19.2. The van der Waals surface area contributed by atoms with Crippen LogP contribution in [0.3, 0.4) is 0 Å². The lowest BCUT2D eigenvalue weighted by atomic mass is 10.1. The van der Waals surface area contributed by atoms with Crippen LogP contribution in [-0.4, -0.2) is 85.0 Å². The first-order valence-corrected chi connectivity index (χ1v) is 15.2. The van der Waals surface area contributed by atoms with Crippen LogP contribution >= 0.6 is 23.2 Å². The van der Waals surface area contributed by atoms with Gasteiger partial charge in [-0.25, -0.2) is 0 Å². The normalized spacial score (nSPS) is 39.6. The monoisotopic (exact) mass is 555 g/mol. The van der Waals surface area contributed by atoms with Crippen LogP contribution in [0.15, 0.2) is 0 Å². The van der Waals surface area contributed by atoms with E-state index in [1.165, 1.54) is 27.7 Å². The Bertz CT molecular complexity index is 817. The zero-order valence-corrected chi connectivity index (χ0v) is 21.8. The van der Waals surface area contributed by atoms with Crippen molar-refractivity contribution in [2.75, 3.05) is 19.9 Å². The number of aliphatic hydroxyl groups is 2. The Morgan fingerprint density at radius 3 is 1.65 bits per heavy atom. The predicted octanol–water partition coefficient (Wildman–Crippen LogP) is -1.37. The summed E-state index contributed by atoms with van der Waals surface area (Å²) >= 11 is 0. The minimum Gasteiger partial charge on any atom is -0.779 e. The summed E-state index contributed by atoms with van der Waals surface area (Å²) in [7, 11) is -14.2. The molecule has 3 unspecified atom stereocenters. The van der Waals surface area contributed by atoms with Gasteiger partial charge in [0, 0.05) is 6.66 Å². The first-order valence-electron chi connectivity index (χ1n) is 10.3. The van der Waals surface area contributed by atoms with Crippen molar-refractivity contribution in [1.29, 1.82) is 0 Å². The topological polar surface area (TPSA) is 225 Å². The van der Waals surface area contributed by atoms with E-state index in [-0.39, 0.29) is 0 Å². The number of hydrogen-bond acceptors (Lipinski definition) is 15. The molecule has 2 saturated heterocycles. The van der Waals surface area contributed by atoms with Crippen molar-refractivity contribution in [3.63, 3.8) is 0 Å². The molecule has 2 aliphatic rings. The van der Waals surface area contributed by atoms with Crippen LogP contribution in [0.25, 0.3) is 0 Å². The molecule has 0 aromatic rings. The van der Waals surface area contributed by atoms with E-state index >= 15 is 0 Å². The molecule has 0 aliphatic carbocycles. The largest absolute Gasteiger partial charge is 0.779 e. The minimum absolute atomic E-state index is 0.608. The van der Waals surface area contributed by atoms with Gasteiger partial charge in [0.05, 0.1) is 31.5 Å². The second kappa shape index (κ2) is 11.7. The molecule has 0 aromatic carbocycles. The SMILES string of the molecule is CC(C)OP(=O)([O-])O[C@H]1[C@@H](O)[C@H](C)O[C@@H]1COP(=O)([O-])O[C@H]1[C@@H](O)[C@H](C)O[C@@H]1COP(C)(=O)[O-]. The molecule has 18 heteroatoms. The number of aliphatic hydroxyl groups excluding tert-OH is 2. The van der Waals surface area contributed by atoms with E-state index in [4.69, 9.17) is 23.0 Å². The third-order valence-corrected chi connectivity index (χ3v) is 7.63. The van der Waals surface area contributed by atoms with Gasteiger partial charge >= 0.3 is 0 Å². The highest BCUT2D eigenvalue weighted by atomic mass is 31.2. The van der Waals surface area contributed by atoms with Gasteiger partial charge in [0.2, 0.25) is 0 Å². The Morgan fingerprint density at radius 1 is 0.824 bits per heavy atom. The standard InChI is InChI=1S/C16H33O15P3/c1-8(2)29-34(23,24)31-16-12(28-10(4)14(16)18)7-26-33(21,22)30-15-11(6-25-32(5,19)20)27-9(3)13(15)17/h8-18H,6-7H2,1-5H3,(H,19,20)(H,21,22)(H,23,24)/p-3/t9-,10-,11+,12+,13-,14-,15+,16+/m0/s1. The fraction of sp³-hybridized carbons (Fsp3) is 1.00. The summed E-state index contributed by atoms with van der Waals surface area (Å²) in [6, 6.07) is 0. The Kier molecular flexibility index (Phi) is 10.5. The van der Waals surface area contributed by atoms with E-state index < -0.39 is 91.4 Å². The molecule has 15 nitrogen and oxygen atoms in total. The van der Waals surface area contributed by atoms with E-state index in [0.29, 0.717) is 0 Å². The van der Waals surface area contributed by atoms with Gasteiger partial charge in [-0.05, 0) is 27.7 Å². The van der Waals surface area contributed by atoms with Crippen molar-refractivity contribution in [2.24, 2.45) is 0 Å². The highest BCUT2D eigenvalue weighted by molar-refractivity contribution is 7.50. The van der Waals surface area contributed by atoms with Gasteiger partial charge in [0.25, 0.3) is 15.6 Å². The minimum atomic E-state index is -5.19. The maximum Gasteiger partial charge on any atom is 0.268 e. The summed E-state index contributed by atoms with van der Waals surface area (Å²) in [6.07, 6.45) is -11.1. The average Bonchev–Trinajstić information content (AvgIpc) is 3.07. The fourth-order valence-corrected chi connectivity index (χ4v) is 5.85. The van der Waals surface area contributed by atoms with Crippen molar-refractivity contribution in [3.8, 4) is 0 Å². The van der Waals surface area contributed by atoms with E-state index in [0.717, 1.165) is 6.66 Å². The van der Waals surface area contributed by atoms with Crippen molar-refractivity contribution < 1.29 is 70.7 Å². The maximum absolute atomic E-state index is 12.4. The van der Waals surface area contributed by atoms with Gasteiger partial charge in [-0.1, -0.05) is 0 Å². The molecular weight excluding hydrogens is 525 g/mol. The van der Waals surface area contributed by atoms with Gasteiger partial charge in [0.15, 0.2) is 0 Å². The Morgan fingerprint density at radius 2 is 1.24 bits per heavy atom. The zero-order chi connectivity index (χ0) is 26.1. The molecule has 0 radical (unpaired) electrons. The van der Waals surface area contributed by atoms with Gasteiger partial charge in [0.1, 0.15) is 44.2 Å². The molecular formula is C16H30O15P3-3. The second-order valence-corrected chi connectivity index (χ2v) is 12.8. The molecule has 2 rings (SSSR count). The van der Waals surface area contributed by atoms with E-state index in [2.05, 4.69) is 9.05 Å². The molecule has 11 atom stereocenters. The molecule has 34 heavy (non-hydrogen) atoms. The first kappa shape index (κ1) is 30.4. The van der Waals surface area contributed by atoms with Crippen molar-refractivity contribution in [2.45, 2.75) is 82.6 Å². The summed E-state index contributed by atoms with van der Waals surface area (Å²) in [5.41, 5.74) is 0. The molecule has 0 spiro atoms. The van der Waals surface area contributed by atoms with E-state index in [9.17, 15) is 38.6 Å². The molecule has 0 saturated carbocycles. The van der Waals surface area contributed by atoms with Gasteiger partial charge < -0.3 is 61.6 Å². The number of rotatable bonds is 12. The fourth-order valence-electron chi connectivity index (χ4n) is 3.36. The second-order valence-electron chi connectivity index (χ2n) is 8.29. The number of phosphoric ester groups is 2. The summed E-state index contributed by atoms with van der Waals surface area (Å²) in [4.78, 5) is 35.6. The Hall–Kier alpha value is 0.210. The van der Waals surface area contributed by atoms with Crippen LogP contribution in [-0.2, 0) is 45.8 Å². The molecule has 0 amide bonds. The lowest BCUT2D eigenvalue weighted by Gasteiger charge is -2.33. The van der Waals surface area contributed by atoms with E-state index in [1.54, 1.807) is 0 Å². The van der Waals surface area contributed by atoms with Gasteiger partial charge in [-0.2, -0.15) is 0 Å². The summed E-state index contributed by atoms with van der Waals surface area (Å²) in [6.45, 7) is 5.11. The highest BCUT2D eigenvalue weighted by Gasteiger charge is 2.47.